The van der Waals surface area contributed by atoms with E-state index in [1.807, 2.05) is 13.1 Å². The lowest BCUT2D eigenvalue weighted by atomic mass is 9.99. The number of hydrogen-bond acceptors (Lipinski definition) is 3. The number of nitrogens with one attached hydrogen (secondary N) is 1. The minimum absolute atomic E-state index is 0.0387. The summed E-state index contributed by atoms with van der Waals surface area (Å²) in [5.74, 6) is -0.612. The highest BCUT2D eigenvalue weighted by Gasteiger charge is 2.12. The van der Waals surface area contributed by atoms with Crippen molar-refractivity contribution in [2.24, 2.45) is 0 Å². The van der Waals surface area contributed by atoms with Crippen LogP contribution in [0, 0.1) is 11.6 Å². The third-order valence-electron chi connectivity index (χ3n) is 3.22. The van der Waals surface area contributed by atoms with Crippen LogP contribution in [0.4, 0.5) is 14.6 Å². The molecule has 5 heteroatoms. The molecule has 0 aliphatic heterocycles. The average Bonchev–Trinajstić information content (AvgIpc) is 2.41. The predicted octanol–water partition coefficient (Wildman–Crippen LogP) is 2.32. The Bertz CT molecular complexity index is 587. The maximum absolute atomic E-state index is 13.7. The largest absolute Gasteiger partial charge is 0.384 e. The highest BCUT2D eigenvalue weighted by Crippen LogP contribution is 2.14. The number of hydrogen-bond donors (Lipinski definition) is 2. The van der Waals surface area contributed by atoms with Crippen LogP contribution in [0.3, 0.4) is 0 Å². The fourth-order valence-electron chi connectivity index (χ4n) is 2.13. The maximum atomic E-state index is 13.7. The molecule has 0 fully saturated rings. The number of rotatable bonds is 5. The van der Waals surface area contributed by atoms with Crippen molar-refractivity contribution in [2.75, 3.05) is 12.8 Å². The molecule has 0 amide bonds. The first kappa shape index (κ1) is 14.4. The Hall–Kier alpha value is -2.01. The van der Waals surface area contributed by atoms with Crippen LogP contribution >= 0.6 is 0 Å². The van der Waals surface area contributed by atoms with Crippen molar-refractivity contribution in [1.29, 1.82) is 0 Å². The lowest BCUT2D eigenvalue weighted by Gasteiger charge is -2.17. The summed E-state index contributed by atoms with van der Waals surface area (Å²) in [6, 6.07) is 7.38. The van der Waals surface area contributed by atoms with Crippen molar-refractivity contribution in [3.8, 4) is 0 Å². The first-order valence-electron chi connectivity index (χ1n) is 6.40. The second-order valence-corrected chi connectivity index (χ2v) is 4.72. The molecule has 0 bridgehead atoms. The summed E-state index contributed by atoms with van der Waals surface area (Å²) >= 11 is 0. The molecule has 0 aliphatic rings. The van der Waals surface area contributed by atoms with Crippen molar-refractivity contribution in [2.45, 2.75) is 18.9 Å². The maximum Gasteiger partial charge on any atom is 0.129 e. The lowest BCUT2D eigenvalue weighted by Crippen LogP contribution is -2.30. The van der Waals surface area contributed by atoms with Gasteiger partial charge in [0.05, 0.1) is 0 Å². The van der Waals surface area contributed by atoms with Gasteiger partial charge in [0.2, 0.25) is 0 Å². The van der Waals surface area contributed by atoms with E-state index in [9.17, 15) is 8.78 Å². The molecule has 3 N–H and O–H groups in total. The summed E-state index contributed by atoms with van der Waals surface area (Å²) in [6.45, 7) is 0. The molecule has 3 nitrogen and oxygen atoms in total. The third-order valence-corrected chi connectivity index (χ3v) is 3.22. The molecule has 2 aromatic rings. The number of nitrogens with two attached hydrogens (primary N) is 1. The van der Waals surface area contributed by atoms with E-state index in [1.165, 1.54) is 12.1 Å². The second-order valence-electron chi connectivity index (χ2n) is 4.72. The highest BCUT2D eigenvalue weighted by molar-refractivity contribution is 5.32. The molecular formula is C15H17F2N3. The van der Waals surface area contributed by atoms with Gasteiger partial charge in [-0.2, -0.15) is 0 Å². The van der Waals surface area contributed by atoms with Crippen molar-refractivity contribution in [1.82, 2.24) is 10.3 Å². The molecule has 0 saturated carbocycles. The van der Waals surface area contributed by atoms with E-state index >= 15 is 0 Å². The molecule has 0 radical (unpaired) electrons. The average molecular weight is 277 g/mol. The number of aromatic nitrogens is 1. The van der Waals surface area contributed by atoms with Crippen LogP contribution in [0.1, 0.15) is 11.1 Å². The molecule has 1 atom stereocenters. The topological polar surface area (TPSA) is 50.9 Å². The fourth-order valence-corrected chi connectivity index (χ4v) is 2.13. The van der Waals surface area contributed by atoms with E-state index in [0.717, 1.165) is 11.6 Å². The third kappa shape index (κ3) is 3.74. The number of nitrogen functional groups attached to an aromatic ring is 1. The smallest absolute Gasteiger partial charge is 0.129 e. The Labute approximate surface area is 116 Å². The van der Waals surface area contributed by atoms with Crippen LogP contribution in [0.2, 0.25) is 0 Å². The normalized spacial score (nSPS) is 12.3. The SMILES string of the molecule is CNC(Cc1ccnc(N)c1)Cc1ccc(F)cc1F. The summed E-state index contributed by atoms with van der Waals surface area (Å²) in [4.78, 5) is 3.94. The van der Waals surface area contributed by atoms with Crippen molar-refractivity contribution in [3.05, 3.63) is 59.3 Å². The first-order chi connectivity index (χ1) is 9.58. The van der Waals surface area contributed by atoms with Gasteiger partial charge >= 0.3 is 0 Å². The van der Waals surface area contributed by atoms with Gasteiger partial charge in [-0.25, -0.2) is 13.8 Å². The second kappa shape index (κ2) is 6.43. The van der Waals surface area contributed by atoms with Gasteiger partial charge in [-0.1, -0.05) is 6.07 Å². The van der Waals surface area contributed by atoms with E-state index in [0.29, 0.717) is 24.2 Å². The van der Waals surface area contributed by atoms with E-state index in [-0.39, 0.29) is 6.04 Å². The van der Waals surface area contributed by atoms with Crippen molar-refractivity contribution >= 4 is 5.82 Å². The molecule has 1 unspecified atom stereocenters. The summed E-state index contributed by atoms with van der Waals surface area (Å²) in [7, 11) is 1.82. The molecule has 0 aliphatic carbocycles. The molecule has 106 valence electrons. The van der Waals surface area contributed by atoms with Gasteiger partial charge in [0, 0.05) is 18.3 Å². The van der Waals surface area contributed by atoms with Crippen molar-refractivity contribution in [3.63, 3.8) is 0 Å². The van der Waals surface area contributed by atoms with Crippen LogP contribution in [0.5, 0.6) is 0 Å². The number of benzene rings is 1. The van der Waals surface area contributed by atoms with Crippen LogP contribution in [0.15, 0.2) is 36.5 Å². The highest BCUT2D eigenvalue weighted by atomic mass is 19.1. The zero-order chi connectivity index (χ0) is 14.5. The molecule has 20 heavy (non-hydrogen) atoms. The summed E-state index contributed by atoms with van der Waals surface area (Å²) in [6.07, 6.45) is 2.82. The lowest BCUT2D eigenvalue weighted by molar-refractivity contribution is 0.524. The van der Waals surface area contributed by atoms with Crippen LogP contribution in [0.25, 0.3) is 0 Å². The van der Waals surface area contributed by atoms with Crippen molar-refractivity contribution < 1.29 is 8.78 Å². The van der Waals surface area contributed by atoms with E-state index in [2.05, 4.69) is 10.3 Å². The quantitative estimate of drug-likeness (QED) is 0.882. The van der Waals surface area contributed by atoms with Gasteiger partial charge < -0.3 is 11.1 Å². The Kier molecular flexibility index (Phi) is 4.63. The molecule has 0 saturated heterocycles. The molecule has 1 aromatic carbocycles. The van der Waals surface area contributed by atoms with Gasteiger partial charge in [0.1, 0.15) is 17.5 Å². The fraction of sp³-hybridized carbons (Fsp3) is 0.267. The van der Waals surface area contributed by atoms with Crippen LogP contribution in [-0.2, 0) is 12.8 Å². The van der Waals surface area contributed by atoms with E-state index < -0.39 is 11.6 Å². The minimum Gasteiger partial charge on any atom is -0.384 e. The van der Waals surface area contributed by atoms with Gasteiger partial charge in [0.25, 0.3) is 0 Å². The zero-order valence-corrected chi connectivity index (χ0v) is 11.2. The van der Waals surface area contributed by atoms with E-state index in [4.69, 9.17) is 5.73 Å². The Morgan fingerprint density at radius 2 is 2.00 bits per heavy atom. The predicted molar refractivity (Wildman–Crippen MR) is 75.3 cm³/mol. The van der Waals surface area contributed by atoms with Crippen LogP contribution in [-0.4, -0.2) is 18.1 Å². The molecule has 2 rings (SSSR count). The molecule has 1 heterocycles. The Balaban J connectivity index is 2.09. The standard InChI is InChI=1S/C15H17F2N3/c1-19-13(6-10-4-5-20-15(18)7-10)8-11-2-3-12(16)9-14(11)17/h2-5,7,9,13,19H,6,8H2,1H3,(H2,18,20). The number of halogens is 2. The number of likely N-dealkylation sites (N-methyl/N-ethyl adjacent to an activating group) is 1. The monoisotopic (exact) mass is 277 g/mol. The molecule has 1 aromatic heterocycles. The molecular weight excluding hydrogens is 260 g/mol. The minimum atomic E-state index is -0.561. The summed E-state index contributed by atoms with van der Waals surface area (Å²) < 4.78 is 26.5. The van der Waals surface area contributed by atoms with Gasteiger partial charge in [-0.3, -0.25) is 0 Å². The first-order valence-corrected chi connectivity index (χ1v) is 6.40. The number of nitrogens with zero attached hydrogens (tertiary/aromatic N) is 1. The van der Waals surface area contributed by atoms with Gasteiger partial charge in [0.15, 0.2) is 0 Å². The Morgan fingerprint density at radius 3 is 2.65 bits per heavy atom. The van der Waals surface area contributed by atoms with Gasteiger partial charge in [-0.05, 0) is 49.2 Å². The van der Waals surface area contributed by atoms with Crippen LogP contribution < -0.4 is 11.1 Å². The number of anilines is 1. The summed E-state index contributed by atoms with van der Waals surface area (Å²) in [5, 5.41) is 3.14. The van der Waals surface area contributed by atoms with E-state index in [1.54, 1.807) is 12.3 Å². The zero-order valence-electron chi connectivity index (χ0n) is 11.2. The number of pyridine rings is 1. The summed E-state index contributed by atoms with van der Waals surface area (Å²) in [5.41, 5.74) is 7.16. The van der Waals surface area contributed by atoms with Gasteiger partial charge in [-0.15, -0.1) is 0 Å². The Morgan fingerprint density at radius 1 is 1.20 bits per heavy atom. The molecule has 0 spiro atoms.